The van der Waals surface area contributed by atoms with E-state index in [0.717, 1.165) is 40.3 Å². The summed E-state index contributed by atoms with van der Waals surface area (Å²) in [7, 11) is 0. The first-order valence-corrected chi connectivity index (χ1v) is 13.4. The van der Waals surface area contributed by atoms with E-state index in [9.17, 15) is 0 Å². The van der Waals surface area contributed by atoms with Crippen LogP contribution in [0.1, 0.15) is 78.0 Å². The van der Waals surface area contributed by atoms with Crippen LogP contribution in [0.5, 0.6) is 0 Å². The van der Waals surface area contributed by atoms with Crippen molar-refractivity contribution < 1.29 is 0 Å². The van der Waals surface area contributed by atoms with E-state index in [1.54, 1.807) is 11.3 Å². The lowest BCUT2D eigenvalue weighted by atomic mass is 9.85. The topological polar surface area (TPSA) is 0 Å². The fourth-order valence-corrected chi connectivity index (χ4v) is 6.41. The van der Waals surface area contributed by atoms with Crippen molar-refractivity contribution in [3.63, 3.8) is 0 Å². The molecule has 0 spiro atoms. The highest BCUT2D eigenvalue weighted by Gasteiger charge is 2.31. The van der Waals surface area contributed by atoms with Crippen molar-refractivity contribution in [3.05, 3.63) is 78.1 Å². The minimum atomic E-state index is -0.313. The van der Waals surface area contributed by atoms with Crippen LogP contribution in [0.2, 0.25) is 5.02 Å². The van der Waals surface area contributed by atoms with Crippen LogP contribution in [0.3, 0.4) is 0 Å². The van der Waals surface area contributed by atoms with E-state index in [-0.39, 0.29) is 4.87 Å². The van der Waals surface area contributed by atoms with E-state index in [4.69, 9.17) is 23.2 Å². The smallest absolute Gasteiger partial charge is 0.0801 e. The minimum absolute atomic E-state index is 0.292. The lowest BCUT2D eigenvalue weighted by molar-refractivity contribution is 0.503. The van der Waals surface area contributed by atoms with Gasteiger partial charge in [-0.05, 0) is 92.1 Å². The van der Waals surface area contributed by atoms with Gasteiger partial charge in [0.15, 0.2) is 0 Å². The highest BCUT2D eigenvalue weighted by molar-refractivity contribution is 7.10. The molecule has 0 bridgehead atoms. The second-order valence-electron chi connectivity index (χ2n) is 8.53. The summed E-state index contributed by atoms with van der Waals surface area (Å²) in [6, 6.07) is 10.6. The molecular formula is C27H30Cl2S2. The summed E-state index contributed by atoms with van der Waals surface area (Å²) in [4.78, 5) is 2.23. The van der Waals surface area contributed by atoms with Crippen LogP contribution >= 0.6 is 45.9 Å². The van der Waals surface area contributed by atoms with E-state index in [2.05, 4.69) is 74.6 Å². The second kappa shape index (κ2) is 11.1. The summed E-state index contributed by atoms with van der Waals surface area (Å²) in [5, 5.41) is 5.06. The van der Waals surface area contributed by atoms with Crippen molar-refractivity contribution >= 4 is 45.9 Å². The number of alkyl halides is 1. The molecule has 0 amide bonds. The van der Waals surface area contributed by atoms with Crippen molar-refractivity contribution in [3.8, 4) is 11.8 Å². The Balaban J connectivity index is 1.81. The quantitative estimate of drug-likeness (QED) is 0.218. The monoisotopic (exact) mass is 488 g/mol. The fourth-order valence-electron chi connectivity index (χ4n) is 3.81. The number of hydrogen-bond acceptors (Lipinski definition) is 2. The SMILES string of the molecule is CCCCc1ccsc1C(CCc1cccc(C#Cc2sccc2C)c1Cl)C(C)(C)Cl. The van der Waals surface area contributed by atoms with Gasteiger partial charge in [-0.1, -0.05) is 48.9 Å². The molecule has 0 nitrogen and oxygen atoms in total. The van der Waals surface area contributed by atoms with Crippen molar-refractivity contribution in [2.45, 2.75) is 70.6 Å². The van der Waals surface area contributed by atoms with Gasteiger partial charge in [0.25, 0.3) is 0 Å². The minimum Gasteiger partial charge on any atom is -0.148 e. The van der Waals surface area contributed by atoms with Crippen molar-refractivity contribution in [1.29, 1.82) is 0 Å². The average molecular weight is 490 g/mol. The summed E-state index contributed by atoms with van der Waals surface area (Å²) in [6.45, 7) is 8.60. The average Bonchev–Trinajstić information content (AvgIpc) is 3.34. The summed E-state index contributed by atoms with van der Waals surface area (Å²) < 4.78 is 0. The van der Waals surface area contributed by atoms with Gasteiger partial charge in [-0.3, -0.25) is 0 Å². The molecule has 31 heavy (non-hydrogen) atoms. The number of halogens is 2. The molecule has 3 aromatic rings. The van der Waals surface area contributed by atoms with Crippen LogP contribution in [-0.4, -0.2) is 4.87 Å². The molecule has 0 saturated carbocycles. The van der Waals surface area contributed by atoms with E-state index < -0.39 is 0 Å². The molecular weight excluding hydrogens is 459 g/mol. The molecule has 4 heteroatoms. The summed E-state index contributed by atoms with van der Waals surface area (Å²) in [6.07, 6.45) is 5.41. The normalized spacial score (nSPS) is 12.5. The van der Waals surface area contributed by atoms with Crippen molar-refractivity contribution in [2.24, 2.45) is 0 Å². The maximum absolute atomic E-state index is 6.91. The zero-order valence-corrected chi connectivity index (χ0v) is 21.9. The highest BCUT2D eigenvalue weighted by atomic mass is 35.5. The van der Waals surface area contributed by atoms with Crippen molar-refractivity contribution in [1.82, 2.24) is 0 Å². The second-order valence-corrected chi connectivity index (χ2v) is 11.7. The number of hydrogen-bond donors (Lipinski definition) is 0. The molecule has 2 heterocycles. The lowest BCUT2D eigenvalue weighted by Gasteiger charge is -2.29. The van der Waals surface area contributed by atoms with Crippen LogP contribution in [0.4, 0.5) is 0 Å². The standard InChI is InChI=1S/C27H30Cl2S2/c1-5-6-8-22-16-18-31-26(22)23(27(3,4)29)13-11-20-9-7-10-21(25(20)28)12-14-24-19(2)15-17-30-24/h7,9-10,15-18,23H,5-6,8,11,13H2,1-4H3. The zero-order valence-electron chi connectivity index (χ0n) is 18.7. The fraction of sp³-hybridized carbons (Fsp3) is 0.407. The maximum atomic E-state index is 6.91. The predicted molar refractivity (Wildman–Crippen MR) is 140 cm³/mol. The van der Waals surface area contributed by atoms with Gasteiger partial charge in [0.05, 0.1) is 9.90 Å². The molecule has 0 radical (unpaired) electrons. The predicted octanol–water partition coefficient (Wildman–Crippen LogP) is 9.25. The van der Waals surface area contributed by atoms with Crippen LogP contribution in [0.15, 0.2) is 41.1 Å². The molecule has 0 N–H and O–H groups in total. The third-order valence-electron chi connectivity index (χ3n) is 5.68. The van der Waals surface area contributed by atoms with Gasteiger partial charge in [-0.15, -0.1) is 34.3 Å². The molecule has 3 rings (SSSR count). The summed E-state index contributed by atoms with van der Waals surface area (Å²) in [5.74, 6) is 6.85. The Morgan fingerprint density at radius 2 is 1.77 bits per heavy atom. The van der Waals surface area contributed by atoms with Crippen LogP contribution in [0, 0.1) is 18.8 Å². The third-order valence-corrected chi connectivity index (χ3v) is 8.39. The summed E-state index contributed by atoms with van der Waals surface area (Å²) >= 11 is 17.2. The van der Waals surface area contributed by atoms with Gasteiger partial charge in [0.1, 0.15) is 0 Å². The maximum Gasteiger partial charge on any atom is 0.0801 e. The summed E-state index contributed by atoms with van der Waals surface area (Å²) in [5.41, 5.74) is 4.72. The van der Waals surface area contributed by atoms with E-state index in [1.807, 2.05) is 17.4 Å². The number of benzene rings is 1. The molecule has 0 aliphatic heterocycles. The number of unbranched alkanes of at least 4 members (excludes halogenated alkanes) is 1. The van der Waals surface area contributed by atoms with Gasteiger partial charge in [0, 0.05) is 21.2 Å². The first-order chi connectivity index (χ1) is 14.8. The Hall–Kier alpha value is -1.24. The van der Waals surface area contributed by atoms with E-state index >= 15 is 0 Å². The van der Waals surface area contributed by atoms with Gasteiger partial charge in [-0.25, -0.2) is 0 Å². The third kappa shape index (κ3) is 6.39. The molecule has 1 atom stereocenters. The Kier molecular flexibility index (Phi) is 8.71. The van der Waals surface area contributed by atoms with Crippen molar-refractivity contribution in [2.75, 3.05) is 0 Å². The lowest BCUT2D eigenvalue weighted by Crippen LogP contribution is -2.23. The molecule has 0 fully saturated rings. The number of aryl methyl sites for hydroxylation is 3. The largest absolute Gasteiger partial charge is 0.148 e. The number of rotatable bonds is 8. The molecule has 0 saturated heterocycles. The molecule has 1 unspecified atom stereocenters. The van der Waals surface area contributed by atoms with Crippen LogP contribution in [0.25, 0.3) is 0 Å². The van der Waals surface area contributed by atoms with E-state index in [0.29, 0.717) is 5.92 Å². The van der Waals surface area contributed by atoms with Gasteiger partial charge < -0.3 is 0 Å². The van der Waals surface area contributed by atoms with Crippen LogP contribution in [-0.2, 0) is 12.8 Å². The van der Waals surface area contributed by atoms with Gasteiger partial charge >= 0.3 is 0 Å². The first kappa shape index (κ1) is 24.4. The molecule has 2 aromatic heterocycles. The zero-order chi connectivity index (χ0) is 22.4. The number of thiophene rings is 2. The molecule has 0 aliphatic carbocycles. The molecule has 164 valence electrons. The van der Waals surface area contributed by atoms with Gasteiger partial charge in [0.2, 0.25) is 0 Å². The highest BCUT2D eigenvalue weighted by Crippen LogP contribution is 2.42. The Morgan fingerprint density at radius 3 is 2.45 bits per heavy atom. The Bertz CT molecular complexity index is 1060. The molecule has 1 aromatic carbocycles. The Morgan fingerprint density at radius 1 is 1.00 bits per heavy atom. The van der Waals surface area contributed by atoms with Crippen LogP contribution < -0.4 is 0 Å². The first-order valence-electron chi connectivity index (χ1n) is 10.9. The van der Waals surface area contributed by atoms with E-state index in [1.165, 1.54) is 28.8 Å². The molecule has 0 aliphatic rings. The Labute approximate surface area is 205 Å². The van der Waals surface area contributed by atoms with Gasteiger partial charge in [-0.2, -0.15) is 0 Å².